The third-order valence-electron chi connectivity index (χ3n) is 4.75. The second-order valence-electron chi connectivity index (χ2n) is 6.21. The Hall–Kier alpha value is -2.04. The number of aliphatic carboxylic acids is 1. The lowest BCUT2D eigenvalue weighted by Gasteiger charge is -2.33. The predicted molar refractivity (Wildman–Crippen MR) is 87.4 cm³/mol. The Morgan fingerprint density at radius 1 is 1.36 bits per heavy atom. The summed E-state index contributed by atoms with van der Waals surface area (Å²) in [6.07, 6.45) is 6.47. The maximum absolute atomic E-state index is 11.0. The lowest BCUT2D eigenvalue weighted by Crippen LogP contribution is -2.33. The smallest absolute Gasteiger partial charge is 0.323 e. The van der Waals surface area contributed by atoms with Crippen molar-refractivity contribution in [2.75, 3.05) is 11.9 Å². The Bertz CT molecular complexity index is 687. The van der Waals surface area contributed by atoms with Gasteiger partial charge in [-0.15, -0.1) is 0 Å². The van der Waals surface area contributed by atoms with Gasteiger partial charge >= 0.3 is 5.97 Å². The second-order valence-corrected chi connectivity index (χ2v) is 6.21. The number of carboxylic acids is 1. The topological polar surface area (TPSA) is 58.4 Å². The molecule has 0 bridgehead atoms. The summed E-state index contributed by atoms with van der Waals surface area (Å²) in [5, 5.41) is 9.03. The molecule has 0 aliphatic heterocycles. The minimum atomic E-state index is -0.842. The summed E-state index contributed by atoms with van der Waals surface area (Å²) >= 11 is 0. The first-order valence-electron chi connectivity index (χ1n) is 7.98. The van der Waals surface area contributed by atoms with E-state index in [-0.39, 0.29) is 6.54 Å². The molecule has 0 amide bonds. The summed E-state index contributed by atoms with van der Waals surface area (Å²) in [7, 11) is 2.15. The highest BCUT2D eigenvalue weighted by molar-refractivity contribution is 5.82. The first-order valence-corrected chi connectivity index (χ1v) is 7.98. The number of fused-ring (bicyclic) bond motifs is 1. The van der Waals surface area contributed by atoms with Crippen molar-refractivity contribution in [2.45, 2.75) is 51.6 Å². The standard InChI is InChI=1S/C17H23N3O2/c1-12-18-15-10-14(19(2)13-6-4-3-5-7-13)8-9-16(15)20(12)11-17(21)22/h8-10,13H,3-7,11H2,1-2H3,(H,21,22). The van der Waals surface area contributed by atoms with Crippen molar-refractivity contribution in [1.82, 2.24) is 9.55 Å². The Morgan fingerprint density at radius 3 is 2.77 bits per heavy atom. The van der Waals surface area contributed by atoms with Gasteiger partial charge in [-0.3, -0.25) is 4.79 Å². The lowest BCUT2D eigenvalue weighted by molar-refractivity contribution is -0.137. The van der Waals surface area contributed by atoms with Crippen molar-refractivity contribution in [1.29, 1.82) is 0 Å². The van der Waals surface area contributed by atoms with Crippen LogP contribution in [0.1, 0.15) is 37.9 Å². The van der Waals surface area contributed by atoms with E-state index in [1.54, 1.807) is 4.57 Å². The largest absolute Gasteiger partial charge is 0.480 e. The zero-order chi connectivity index (χ0) is 15.7. The average molecular weight is 301 g/mol. The Kier molecular flexibility index (Phi) is 4.05. The van der Waals surface area contributed by atoms with E-state index in [1.165, 1.54) is 37.8 Å². The molecule has 1 aliphatic carbocycles. The minimum Gasteiger partial charge on any atom is -0.480 e. The zero-order valence-corrected chi connectivity index (χ0v) is 13.2. The molecule has 0 spiro atoms. The molecule has 2 aromatic rings. The van der Waals surface area contributed by atoms with E-state index in [4.69, 9.17) is 5.11 Å². The maximum Gasteiger partial charge on any atom is 0.323 e. The van der Waals surface area contributed by atoms with Gasteiger partial charge in [-0.2, -0.15) is 0 Å². The number of aryl methyl sites for hydroxylation is 1. The lowest BCUT2D eigenvalue weighted by atomic mass is 9.94. The number of benzene rings is 1. The van der Waals surface area contributed by atoms with Crippen molar-refractivity contribution < 1.29 is 9.90 Å². The molecule has 0 unspecified atom stereocenters. The number of nitrogens with zero attached hydrogens (tertiary/aromatic N) is 3. The van der Waals surface area contributed by atoms with Gasteiger partial charge in [-0.25, -0.2) is 4.98 Å². The monoisotopic (exact) mass is 301 g/mol. The highest BCUT2D eigenvalue weighted by Crippen LogP contribution is 2.28. The Labute approximate surface area is 130 Å². The van der Waals surface area contributed by atoms with Gasteiger partial charge in [0, 0.05) is 18.8 Å². The van der Waals surface area contributed by atoms with Crippen molar-refractivity contribution in [3.63, 3.8) is 0 Å². The molecule has 0 radical (unpaired) electrons. The average Bonchev–Trinajstić information content (AvgIpc) is 2.82. The molecule has 22 heavy (non-hydrogen) atoms. The van der Waals surface area contributed by atoms with Gasteiger partial charge in [0.15, 0.2) is 0 Å². The third kappa shape index (κ3) is 2.80. The van der Waals surface area contributed by atoms with Gasteiger partial charge in [0.25, 0.3) is 0 Å². The summed E-state index contributed by atoms with van der Waals surface area (Å²) in [4.78, 5) is 17.9. The van der Waals surface area contributed by atoms with E-state index in [9.17, 15) is 4.79 Å². The van der Waals surface area contributed by atoms with E-state index < -0.39 is 5.97 Å². The van der Waals surface area contributed by atoms with Crippen molar-refractivity contribution >= 4 is 22.7 Å². The fourth-order valence-electron chi connectivity index (χ4n) is 3.47. The number of rotatable bonds is 4. The summed E-state index contributed by atoms with van der Waals surface area (Å²) < 4.78 is 1.75. The number of anilines is 1. The molecule has 0 saturated heterocycles. The molecule has 5 heteroatoms. The molecule has 0 atom stereocenters. The van der Waals surface area contributed by atoms with Gasteiger partial charge in [0.1, 0.15) is 12.4 Å². The van der Waals surface area contributed by atoms with Crippen molar-refractivity contribution in [3.8, 4) is 0 Å². The number of imidazole rings is 1. The molecular weight excluding hydrogens is 278 g/mol. The molecule has 5 nitrogen and oxygen atoms in total. The SMILES string of the molecule is Cc1nc2cc(N(C)C3CCCCC3)ccc2n1CC(=O)O. The van der Waals surface area contributed by atoms with Crippen LogP contribution in [0.5, 0.6) is 0 Å². The second kappa shape index (κ2) is 5.99. The molecule has 1 aromatic carbocycles. The number of hydrogen-bond donors (Lipinski definition) is 1. The molecule has 1 heterocycles. The van der Waals surface area contributed by atoms with Crippen LogP contribution < -0.4 is 4.90 Å². The number of aromatic nitrogens is 2. The molecule has 118 valence electrons. The Balaban J connectivity index is 1.91. The number of carboxylic acid groups (broad SMARTS) is 1. The van der Waals surface area contributed by atoms with Crippen LogP contribution in [0.25, 0.3) is 11.0 Å². The molecule has 1 saturated carbocycles. The van der Waals surface area contributed by atoms with Crippen LogP contribution in [-0.2, 0) is 11.3 Å². The first kappa shape index (κ1) is 14.9. The fraction of sp³-hybridized carbons (Fsp3) is 0.529. The first-order chi connectivity index (χ1) is 10.6. The fourth-order valence-corrected chi connectivity index (χ4v) is 3.47. The summed E-state index contributed by atoms with van der Waals surface area (Å²) in [6.45, 7) is 1.81. The van der Waals surface area contributed by atoms with E-state index in [1.807, 2.05) is 13.0 Å². The van der Waals surface area contributed by atoms with E-state index in [2.05, 4.69) is 29.1 Å². The van der Waals surface area contributed by atoms with Crippen molar-refractivity contribution in [2.24, 2.45) is 0 Å². The number of hydrogen-bond acceptors (Lipinski definition) is 3. The highest BCUT2D eigenvalue weighted by Gasteiger charge is 2.19. The quantitative estimate of drug-likeness (QED) is 0.942. The van der Waals surface area contributed by atoms with Crippen LogP contribution in [-0.4, -0.2) is 33.7 Å². The third-order valence-corrected chi connectivity index (χ3v) is 4.75. The van der Waals surface area contributed by atoms with Crippen LogP contribution in [0.2, 0.25) is 0 Å². The molecular formula is C17H23N3O2. The highest BCUT2D eigenvalue weighted by atomic mass is 16.4. The normalized spacial score (nSPS) is 16.1. The van der Waals surface area contributed by atoms with Gasteiger partial charge in [0.05, 0.1) is 11.0 Å². The molecule has 3 rings (SSSR count). The minimum absolute atomic E-state index is 0.0415. The van der Waals surface area contributed by atoms with Crippen LogP contribution >= 0.6 is 0 Å². The predicted octanol–water partition coefficient (Wildman–Crippen LogP) is 3.20. The van der Waals surface area contributed by atoms with Crippen LogP contribution in [0.3, 0.4) is 0 Å². The summed E-state index contributed by atoms with van der Waals surface area (Å²) in [6, 6.07) is 6.76. The van der Waals surface area contributed by atoms with E-state index in [0.717, 1.165) is 16.9 Å². The van der Waals surface area contributed by atoms with Gasteiger partial charge < -0.3 is 14.6 Å². The summed E-state index contributed by atoms with van der Waals surface area (Å²) in [5.74, 6) is -0.0966. The Morgan fingerprint density at radius 2 is 2.09 bits per heavy atom. The molecule has 1 aromatic heterocycles. The number of carbonyl (C=O) groups is 1. The zero-order valence-electron chi connectivity index (χ0n) is 13.2. The summed E-state index contributed by atoms with van der Waals surface area (Å²) in [5.41, 5.74) is 2.93. The van der Waals surface area contributed by atoms with Crippen molar-refractivity contribution in [3.05, 3.63) is 24.0 Å². The van der Waals surface area contributed by atoms with Crippen LogP contribution in [0.15, 0.2) is 18.2 Å². The maximum atomic E-state index is 11.0. The van der Waals surface area contributed by atoms with Gasteiger partial charge in [0.2, 0.25) is 0 Å². The van der Waals surface area contributed by atoms with Crippen LogP contribution in [0.4, 0.5) is 5.69 Å². The molecule has 1 N–H and O–H groups in total. The van der Waals surface area contributed by atoms with E-state index in [0.29, 0.717) is 6.04 Å². The molecule has 1 aliphatic rings. The van der Waals surface area contributed by atoms with Crippen LogP contribution in [0, 0.1) is 6.92 Å². The molecule has 1 fully saturated rings. The van der Waals surface area contributed by atoms with Gasteiger partial charge in [-0.05, 0) is 38.0 Å². The van der Waals surface area contributed by atoms with Gasteiger partial charge in [-0.1, -0.05) is 19.3 Å². The van der Waals surface area contributed by atoms with E-state index >= 15 is 0 Å².